The number of ether oxygens (including phenoxy) is 1. The van der Waals surface area contributed by atoms with Crippen molar-refractivity contribution >= 4 is 23.2 Å². The van der Waals surface area contributed by atoms with Gasteiger partial charge in [-0.1, -0.05) is 29.8 Å². The highest BCUT2D eigenvalue weighted by Crippen LogP contribution is 2.19. The van der Waals surface area contributed by atoms with E-state index in [1.807, 2.05) is 18.2 Å². The number of carbonyl (C=O) groups is 1. The summed E-state index contributed by atoms with van der Waals surface area (Å²) in [5.41, 5.74) is 2.18. The van der Waals surface area contributed by atoms with E-state index in [9.17, 15) is 9.59 Å². The smallest absolute Gasteiger partial charge is 0.343 e. The summed E-state index contributed by atoms with van der Waals surface area (Å²) in [6.07, 6.45) is 1.80. The number of nitrogens with zero attached hydrogens (tertiary/aromatic N) is 2. The highest BCUT2D eigenvalue weighted by Gasteiger charge is 2.19. The van der Waals surface area contributed by atoms with E-state index in [-0.39, 0.29) is 23.4 Å². The summed E-state index contributed by atoms with van der Waals surface area (Å²) in [5, 5.41) is 3.37. The molecule has 7 heteroatoms. The number of H-pyrrole nitrogens is 1. The first-order chi connectivity index (χ1) is 11.5. The molecule has 0 saturated heterocycles. The number of aromatic nitrogens is 3. The second kappa shape index (κ2) is 6.49. The third-order valence-corrected chi connectivity index (χ3v) is 4.15. The zero-order valence-electron chi connectivity index (χ0n) is 13.3. The molecule has 6 nitrogen and oxygen atoms in total. The number of benzene rings is 1. The average Bonchev–Trinajstić information content (AvgIpc) is 2.97. The third kappa shape index (κ3) is 2.80. The molecule has 1 aromatic carbocycles. The van der Waals surface area contributed by atoms with Gasteiger partial charge in [-0.3, -0.25) is 9.89 Å². The Kier molecular flexibility index (Phi) is 4.40. The Morgan fingerprint density at radius 2 is 2.12 bits per heavy atom. The lowest BCUT2D eigenvalue weighted by Crippen LogP contribution is -2.22. The standard InChI is InChI=1S/C17H16ClN3O3/c1-3-24-17(23)13-9-19-21-15(13)20-10(2)12(16(21)22)8-11-6-4-5-7-14(11)18/h4-7,9,19H,3,8H2,1-2H3. The molecule has 0 atom stereocenters. The van der Waals surface area contributed by atoms with Gasteiger partial charge in [0, 0.05) is 28.9 Å². The fraction of sp³-hybridized carbons (Fsp3) is 0.235. The highest BCUT2D eigenvalue weighted by atomic mass is 35.5. The molecule has 124 valence electrons. The van der Waals surface area contributed by atoms with Crippen LogP contribution in [0, 0.1) is 6.92 Å². The first kappa shape index (κ1) is 16.3. The van der Waals surface area contributed by atoms with Crippen molar-refractivity contribution in [2.45, 2.75) is 20.3 Å². The van der Waals surface area contributed by atoms with Crippen molar-refractivity contribution in [1.82, 2.24) is 14.6 Å². The van der Waals surface area contributed by atoms with Crippen molar-refractivity contribution in [2.24, 2.45) is 0 Å². The van der Waals surface area contributed by atoms with Crippen LogP contribution in [0.4, 0.5) is 0 Å². The second-order valence-electron chi connectivity index (χ2n) is 5.32. The maximum Gasteiger partial charge on any atom is 0.343 e. The van der Waals surface area contributed by atoms with Crippen molar-refractivity contribution in [2.75, 3.05) is 6.61 Å². The molecule has 2 heterocycles. The fourth-order valence-corrected chi connectivity index (χ4v) is 2.75. The molecule has 24 heavy (non-hydrogen) atoms. The molecule has 3 aromatic rings. The SMILES string of the molecule is CCOC(=O)c1c[nH]n2c(=O)c(Cc3ccccc3Cl)c(C)nc12. The number of rotatable bonds is 4. The zero-order chi connectivity index (χ0) is 17.3. The molecule has 0 fully saturated rings. The minimum atomic E-state index is -0.513. The van der Waals surface area contributed by atoms with E-state index in [1.165, 1.54) is 10.7 Å². The van der Waals surface area contributed by atoms with E-state index in [2.05, 4.69) is 10.1 Å². The van der Waals surface area contributed by atoms with Crippen LogP contribution in [-0.4, -0.2) is 27.2 Å². The number of aromatic amines is 1. The number of aryl methyl sites for hydroxylation is 1. The van der Waals surface area contributed by atoms with Crippen LogP contribution >= 0.6 is 11.6 Å². The topological polar surface area (TPSA) is 76.5 Å². The molecule has 0 aliphatic carbocycles. The van der Waals surface area contributed by atoms with E-state index >= 15 is 0 Å². The predicted molar refractivity (Wildman–Crippen MR) is 90.8 cm³/mol. The zero-order valence-corrected chi connectivity index (χ0v) is 14.1. The summed E-state index contributed by atoms with van der Waals surface area (Å²) >= 11 is 6.18. The summed E-state index contributed by atoms with van der Waals surface area (Å²) in [4.78, 5) is 29.1. The Bertz CT molecular complexity index is 975. The summed E-state index contributed by atoms with van der Waals surface area (Å²) in [5.74, 6) is -0.513. The second-order valence-corrected chi connectivity index (χ2v) is 5.72. The molecule has 0 amide bonds. The Morgan fingerprint density at radius 3 is 2.83 bits per heavy atom. The lowest BCUT2D eigenvalue weighted by molar-refractivity contribution is 0.0528. The van der Waals surface area contributed by atoms with Gasteiger partial charge in [0.1, 0.15) is 5.56 Å². The summed E-state index contributed by atoms with van der Waals surface area (Å²) < 4.78 is 6.24. The maximum absolute atomic E-state index is 12.8. The molecular weight excluding hydrogens is 330 g/mol. The summed E-state index contributed by atoms with van der Waals surface area (Å²) in [6.45, 7) is 3.72. The van der Waals surface area contributed by atoms with Gasteiger partial charge in [-0.25, -0.2) is 14.3 Å². The maximum atomic E-state index is 12.8. The Morgan fingerprint density at radius 1 is 1.38 bits per heavy atom. The van der Waals surface area contributed by atoms with E-state index in [4.69, 9.17) is 16.3 Å². The summed E-state index contributed by atoms with van der Waals surface area (Å²) in [6, 6.07) is 7.36. The minimum Gasteiger partial charge on any atom is -0.462 e. The molecule has 2 aromatic heterocycles. The van der Waals surface area contributed by atoms with Crippen LogP contribution in [0.15, 0.2) is 35.3 Å². The number of esters is 1. The van der Waals surface area contributed by atoms with Crippen LogP contribution in [-0.2, 0) is 11.2 Å². The van der Waals surface area contributed by atoms with Gasteiger partial charge >= 0.3 is 5.97 Å². The lowest BCUT2D eigenvalue weighted by atomic mass is 10.1. The van der Waals surface area contributed by atoms with Crippen LogP contribution in [0.1, 0.15) is 34.1 Å². The van der Waals surface area contributed by atoms with Crippen molar-refractivity contribution in [3.05, 3.63) is 68.2 Å². The van der Waals surface area contributed by atoms with E-state index in [1.54, 1.807) is 19.9 Å². The van der Waals surface area contributed by atoms with Gasteiger partial charge in [-0.2, -0.15) is 0 Å². The molecule has 0 spiro atoms. The van der Waals surface area contributed by atoms with Crippen LogP contribution in [0.5, 0.6) is 0 Å². The first-order valence-electron chi connectivity index (χ1n) is 7.53. The highest BCUT2D eigenvalue weighted by molar-refractivity contribution is 6.31. The molecule has 0 bridgehead atoms. The number of hydrogen-bond acceptors (Lipinski definition) is 4. The van der Waals surface area contributed by atoms with Crippen LogP contribution in [0.25, 0.3) is 5.65 Å². The first-order valence-corrected chi connectivity index (χ1v) is 7.90. The van der Waals surface area contributed by atoms with Gasteiger partial charge in [0.15, 0.2) is 5.65 Å². The molecule has 0 aliphatic heterocycles. The van der Waals surface area contributed by atoms with Gasteiger partial charge in [0.25, 0.3) is 5.56 Å². The largest absolute Gasteiger partial charge is 0.462 e. The third-order valence-electron chi connectivity index (χ3n) is 3.78. The Hall–Kier alpha value is -2.60. The lowest BCUT2D eigenvalue weighted by Gasteiger charge is -2.07. The van der Waals surface area contributed by atoms with Gasteiger partial charge < -0.3 is 4.74 Å². The van der Waals surface area contributed by atoms with Crippen LogP contribution in [0.2, 0.25) is 5.02 Å². The molecule has 1 N–H and O–H groups in total. The molecule has 0 unspecified atom stereocenters. The van der Waals surface area contributed by atoms with Crippen molar-refractivity contribution in [3.8, 4) is 0 Å². The normalized spacial score (nSPS) is 11.0. The molecule has 0 saturated carbocycles. The van der Waals surface area contributed by atoms with Gasteiger partial charge in [-0.05, 0) is 25.5 Å². The van der Waals surface area contributed by atoms with E-state index < -0.39 is 5.97 Å². The number of carbonyl (C=O) groups excluding carboxylic acids is 1. The van der Waals surface area contributed by atoms with Crippen molar-refractivity contribution in [1.29, 1.82) is 0 Å². The Labute approximate surface area is 143 Å². The van der Waals surface area contributed by atoms with Gasteiger partial charge in [-0.15, -0.1) is 0 Å². The minimum absolute atomic E-state index is 0.237. The van der Waals surface area contributed by atoms with Gasteiger partial charge in [0.05, 0.1) is 6.61 Å². The van der Waals surface area contributed by atoms with Crippen molar-refractivity contribution in [3.63, 3.8) is 0 Å². The average molecular weight is 346 g/mol. The predicted octanol–water partition coefficient (Wildman–Crippen LogP) is 2.75. The number of nitrogens with one attached hydrogen (secondary N) is 1. The number of fused-ring (bicyclic) bond motifs is 1. The fourth-order valence-electron chi connectivity index (χ4n) is 2.55. The van der Waals surface area contributed by atoms with E-state index in [0.717, 1.165) is 5.56 Å². The molecule has 0 aliphatic rings. The number of halogens is 1. The Balaban J connectivity index is 2.10. The quantitative estimate of drug-likeness (QED) is 0.738. The van der Waals surface area contributed by atoms with E-state index in [0.29, 0.717) is 22.7 Å². The van der Waals surface area contributed by atoms with Crippen molar-refractivity contribution < 1.29 is 9.53 Å². The van der Waals surface area contributed by atoms with Crippen LogP contribution in [0.3, 0.4) is 0 Å². The van der Waals surface area contributed by atoms with Crippen LogP contribution < -0.4 is 5.56 Å². The van der Waals surface area contributed by atoms with Gasteiger partial charge in [0.2, 0.25) is 0 Å². The monoisotopic (exact) mass is 345 g/mol. The molecular formula is C17H16ClN3O3. The summed E-state index contributed by atoms with van der Waals surface area (Å²) in [7, 11) is 0. The molecule has 0 radical (unpaired) electrons. The molecule has 3 rings (SSSR count). The number of hydrogen-bond donors (Lipinski definition) is 1.